The summed E-state index contributed by atoms with van der Waals surface area (Å²) in [4.78, 5) is 0. The molecule has 1 aliphatic rings. The third-order valence-electron chi connectivity index (χ3n) is 3.72. The average Bonchev–Trinajstić information content (AvgIpc) is 2.66. The van der Waals surface area contributed by atoms with Gasteiger partial charge in [0, 0.05) is 11.8 Å². The van der Waals surface area contributed by atoms with Gasteiger partial charge in [0.2, 0.25) is 0 Å². The highest BCUT2D eigenvalue weighted by atomic mass is 19.1. The molecule has 0 saturated heterocycles. The molecule has 2 aromatic rings. The highest BCUT2D eigenvalue weighted by Crippen LogP contribution is 2.24. The van der Waals surface area contributed by atoms with Gasteiger partial charge in [-0.3, -0.25) is 0 Å². The molecule has 1 aliphatic heterocycles. The molecule has 3 heteroatoms. The number of anilines is 1. The van der Waals surface area contributed by atoms with E-state index in [0.717, 1.165) is 19.4 Å². The molecule has 0 radical (unpaired) electrons. The van der Waals surface area contributed by atoms with Crippen LogP contribution < -0.4 is 10.1 Å². The third kappa shape index (κ3) is 2.77. The fourth-order valence-corrected chi connectivity index (χ4v) is 2.49. The second kappa shape index (κ2) is 5.53. The summed E-state index contributed by atoms with van der Waals surface area (Å²) in [6, 6.07) is 13.4. The van der Waals surface area contributed by atoms with Gasteiger partial charge in [-0.1, -0.05) is 24.3 Å². The highest BCUT2D eigenvalue weighted by Gasteiger charge is 2.17. The Kier molecular flexibility index (Phi) is 3.59. The summed E-state index contributed by atoms with van der Waals surface area (Å²) in [7, 11) is 0. The summed E-state index contributed by atoms with van der Waals surface area (Å²) in [5.41, 5.74) is 3.13. The van der Waals surface area contributed by atoms with Crippen molar-refractivity contribution in [1.29, 1.82) is 0 Å². The van der Waals surface area contributed by atoms with E-state index in [1.54, 1.807) is 13.0 Å². The Morgan fingerprint density at radius 2 is 2.05 bits per heavy atom. The SMILES string of the molecule is Cc1ccc(OC2CCc3ccccc3NC2)cc1F. The summed E-state index contributed by atoms with van der Waals surface area (Å²) in [5, 5.41) is 3.40. The molecule has 0 amide bonds. The first-order chi connectivity index (χ1) is 9.72. The van der Waals surface area contributed by atoms with Crippen LogP contribution in [0.15, 0.2) is 42.5 Å². The molecule has 2 nitrogen and oxygen atoms in total. The van der Waals surface area contributed by atoms with Crippen molar-refractivity contribution < 1.29 is 9.13 Å². The van der Waals surface area contributed by atoms with Gasteiger partial charge in [-0.25, -0.2) is 4.39 Å². The van der Waals surface area contributed by atoms with E-state index in [2.05, 4.69) is 23.5 Å². The van der Waals surface area contributed by atoms with E-state index in [1.807, 2.05) is 12.1 Å². The molecule has 0 fully saturated rings. The lowest BCUT2D eigenvalue weighted by Gasteiger charge is -2.17. The van der Waals surface area contributed by atoms with Gasteiger partial charge in [0.1, 0.15) is 17.7 Å². The monoisotopic (exact) mass is 271 g/mol. The molecular formula is C17H18FNO. The van der Waals surface area contributed by atoms with Crippen LogP contribution in [0.3, 0.4) is 0 Å². The number of para-hydroxylation sites is 1. The molecule has 2 aromatic carbocycles. The lowest BCUT2D eigenvalue weighted by Crippen LogP contribution is -2.24. The molecule has 0 spiro atoms. The van der Waals surface area contributed by atoms with Crippen molar-refractivity contribution in [2.45, 2.75) is 25.9 Å². The van der Waals surface area contributed by atoms with Crippen LogP contribution in [0.1, 0.15) is 17.5 Å². The van der Waals surface area contributed by atoms with Crippen molar-refractivity contribution in [3.8, 4) is 5.75 Å². The Balaban J connectivity index is 1.69. The topological polar surface area (TPSA) is 21.3 Å². The fourth-order valence-electron chi connectivity index (χ4n) is 2.49. The molecule has 0 aliphatic carbocycles. The zero-order valence-corrected chi connectivity index (χ0v) is 11.5. The van der Waals surface area contributed by atoms with Crippen LogP contribution in [0.2, 0.25) is 0 Å². The smallest absolute Gasteiger partial charge is 0.129 e. The Morgan fingerprint density at radius 3 is 2.90 bits per heavy atom. The second-order valence-corrected chi connectivity index (χ2v) is 5.23. The lowest BCUT2D eigenvalue weighted by molar-refractivity contribution is 0.205. The number of aryl methyl sites for hydroxylation is 2. The van der Waals surface area contributed by atoms with Gasteiger partial charge >= 0.3 is 0 Å². The van der Waals surface area contributed by atoms with E-state index in [-0.39, 0.29) is 11.9 Å². The minimum atomic E-state index is -0.215. The van der Waals surface area contributed by atoms with Gasteiger partial charge in [-0.05, 0) is 43.0 Å². The summed E-state index contributed by atoms with van der Waals surface area (Å²) >= 11 is 0. The van der Waals surface area contributed by atoms with Crippen LogP contribution in [0.4, 0.5) is 10.1 Å². The van der Waals surface area contributed by atoms with Crippen molar-refractivity contribution in [3.05, 3.63) is 59.4 Å². The zero-order valence-electron chi connectivity index (χ0n) is 11.5. The molecular weight excluding hydrogens is 253 g/mol. The molecule has 1 N–H and O–H groups in total. The van der Waals surface area contributed by atoms with E-state index < -0.39 is 0 Å². The zero-order chi connectivity index (χ0) is 13.9. The van der Waals surface area contributed by atoms with E-state index in [9.17, 15) is 4.39 Å². The first-order valence-corrected chi connectivity index (χ1v) is 6.97. The lowest BCUT2D eigenvalue weighted by atomic mass is 10.1. The van der Waals surface area contributed by atoms with Crippen molar-refractivity contribution in [1.82, 2.24) is 0 Å². The van der Waals surface area contributed by atoms with Crippen molar-refractivity contribution in [3.63, 3.8) is 0 Å². The predicted molar refractivity (Wildman–Crippen MR) is 78.8 cm³/mol. The number of nitrogens with one attached hydrogen (secondary N) is 1. The van der Waals surface area contributed by atoms with E-state index in [4.69, 9.17) is 4.74 Å². The average molecular weight is 271 g/mol. The number of hydrogen-bond donors (Lipinski definition) is 1. The van der Waals surface area contributed by atoms with Gasteiger partial charge < -0.3 is 10.1 Å². The molecule has 104 valence electrons. The third-order valence-corrected chi connectivity index (χ3v) is 3.72. The summed E-state index contributed by atoms with van der Waals surface area (Å²) < 4.78 is 19.4. The minimum absolute atomic E-state index is 0.0597. The van der Waals surface area contributed by atoms with Crippen molar-refractivity contribution >= 4 is 5.69 Å². The Bertz CT molecular complexity index is 585. The van der Waals surface area contributed by atoms with E-state index in [0.29, 0.717) is 11.3 Å². The van der Waals surface area contributed by atoms with Crippen molar-refractivity contribution in [2.24, 2.45) is 0 Å². The molecule has 0 aromatic heterocycles. The van der Waals surface area contributed by atoms with Gasteiger partial charge in [0.15, 0.2) is 0 Å². The minimum Gasteiger partial charge on any atom is -0.488 e. The first-order valence-electron chi connectivity index (χ1n) is 6.97. The molecule has 0 saturated carbocycles. The molecule has 0 bridgehead atoms. The number of halogens is 1. The first kappa shape index (κ1) is 13.0. The normalized spacial score (nSPS) is 17.8. The van der Waals surface area contributed by atoms with Gasteiger partial charge in [0.25, 0.3) is 0 Å². The fraction of sp³-hybridized carbons (Fsp3) is 0.294. The maximum atomic E-state index is 13.5. The number of fused-ring (bicyclic) bond motifs is 1. The van der Waals surface area contributed by atoms with Crippen LogP contribution in [0.25, 0.3) is 0 Å². The number of ether oxygens (including phenoxy) is 1. The molecule has 1 unspecified atom stereocenters. The van der Waals surface area contributed by atoms with E-state index in [1.165, 1.54) is 17.3 Å². The van der Waals surface area contributed by atoms with Gasteiger partial charge in [0.05, 0.1) is 6.54 Å². The second-order valence-electron chi connectivity index (χ2n) is 5.23. The summed E-state index contributed by atoms with van der Waals surface area (Å²) in [6.07, 6.45) is 1.96. The quantitative estimate of drug-likeness (QED) is 0.893. The van der Waals surface area contributed by atoms with Crippen LogP contribution in [-0.4, -0.2) is 12.6 Å². The maximum Gasteiger partial charge on any atom is 0.129 e. The van der Waals surface area contributed by atoms with Crippen LogP contribution >= 0.6 is 0 Å². The molecule has 20 heavy (non-hydrogen) atoms. The van der Waals surface area contributed by atoms with Gasteiger partial charge in [-0.15, -0.1) is 0 Å². The van der Waals surface area contributed by atoms with Gasteiger partial charge in [-0.2, -0.15) is 0 Å². The Hall–Kier alpha value is -2.03. The summed E-state index contributed by atoms with van der Waals surface area (Å²) in [5.74, 6) is 0.387. The summed E-state index contributed by atoms with van der Waals surface area (Å²) in [6.45, 7) is 2.50. The van der Waals surface area contributed by atoms with E-state index >= 15 is 0 Å². The largest absolute Gasteiger partial charge is 0.488 e. The van der Waals surface area contributed by atoms with Crippen LogP contribution in [-0.2, 0) is 6.42 Å². The van der Waals surface area contributed by atoms with Crippen molar-refractivity contribution in [2.75, 3.05) is 11.9 Å². The molecule has 3 rings (SSSR count). The standard InChI is InChI=1S/C17H18FNO/c1-12-6-8-14(10-16(12)18)20-15-9-7-13-4-2-3-5-17(13)19-11-15/h2-6,8,10,15,19H,7,9,11H2,1H3. The predicted octanol–water partition coefficient (Wildman–Crippen LogP) is 3.94. The molecule has 1 atom stereocenters. The highest BCUT2D eigenvalue weighted by molar-refractivity contribution is 5.52. The number of hydrogen-bond acceptors (Lipinski definition) is 2. The Morgan fingerprint density at radius 1 is 1.20 bits per heavy atom. The number of benzene rings is 2. The molecule has 1 heterocycles. The van der Waals surface area contributed by atoms with Crippen LogP contribution in [0, 0.1) is 12.7 Å². The van der Waals surface area contributed by atoms with Crippen LogP contribution in [0.5, 0.6) is 5.75 Å². The number of rotatable bonds is 2. The Labute approximate surface area is 118 Å². The maximum absolute atomic E-state index is 13.5.